The van der Waals surface area contributed by atoms with Gasteiger partial charge in [-0.3, -0.25) is 4.79 Å². The quantitative estimate of drug-likeness (QED) is 0.609. The number of halogens is 2. The maximum absolute atomic E-state index is 13.6. The highest BCUT2D eigenvalue weighted by molar-refractivity contribution is 7.90. The second-order valence-corrected chi connectivity index (χ2v) is 9.41. The van der Waals surface area contributed by atoms with Crippen LogP contribution in [0, 0.1) is 11.6 Å². The second-order valence-electron chi connectivity index (χ2n) is 7.39. The minimum Gasteiger partial charge on any atom is -0.367 e. The largest absolute Gasteiger partial charge is 0.367 e. The van der Waals surface area contributed by atoms with E-state index in [1.165, 1.54) is 29.2 Å². The molecule has 0 fully saturated rings. The molecule has 5 nitrogen and oxygen atoms in total. The molecule has 4 rings (SSSR count). The lowest BCUT2D eigenvalue weighted by atomic mass is 10.0. The van der Waals surface area contributed by atoms with Crippen LogP contribution in [0.2, 0.25) is 0 Å². The zero-order chi connectivity index (χ0) is 22.2. The van der Waals surface area contributed by atoms with Crippen molar-refractivity contribution in [2.24, 2.45) is 0 Å². The summed E-state index contributed by atoms with van der Waals surface area (Å²) in [6.07, 6.45) is 1.14. The van der Waals surface area contributed by atoms with E-state index in [9.17, 15) is 22.0 Å². The molecule has 0 spiro atoms. The number of sulfone groups is 1. The fourth-order valence-electron chi connectivity index (χ4n) is 3.53. The van der Waals surface area contributed by atoms with Crippen LogP contribution in [0.15, 0.2) is 65.6 Å². The Bertz CT molecular complexity index is 1240. The average Bonchev–Trinajstić information content (AvgIpc) is 2.85. The predicted octanol–water partition coefficient (Wildman–Crippen LogP) is 4.10. The highest BCUT2D eigenvalue weighted by atomic mass is 32.2. The van der Waals surface area contributed by atoms with E-state index in [-0.39, 0.29) is 30.6 Å². The maximum atomic E-state index is 13.6. The summed E-state index contributed by atoms with van der Waals surface area (Å²) in [6.45, 7) is 0.0631. The summed E-state index contributed by atoms with van der Waals surface area (Å²) in [6, 6.07) is 15.1. The van der Waals surface area contributed by atoms with E-state index in [4.69, 9.17) is 4.74 Å². The summed E-state index contributed by atoms with van der Waals surface area (Å²) >= 11 is 0. The van der Waals surface area contributed by atoms with E-state index < -0.39 is 21.5 Å². The van der Waals surface area contributed by atoms with Crippen LogP contribution in [-0.2, 0) is 32.5 Å². The first-order chi connectivity index (χ1) is 14.7. The Balaban J connectivity index is 1.74. The molecule has 0 N–H and O–H groups in total. The molecule has 3 aromatic carbocycles. The summed E-state index contributed by atoms with van der Waals surface area (Å²) in [5.74, 6) is -1.75. The smallest absolute Gasteiger partial charge is 0.253 e. The molecule has 1 heterocycles. The third kappa shape index (κ3) is 4.65. The lowest BCUT2D eigenvalue weighted by Gasteiger charge is -2.23. The summed E-state index contributed by atoms with van der Waals surface area (Å²) in [7, 11) is -3.31. The van der Waals surface area contributed by atoms with Crippen molar-refractivity contribution in [1.29, 1.82) is 0 Å². The number of ether oxygens (including phenoxy) is 1. The van der Waals surface area contributed by atoms with Gasteiger partial charge in [0.25, 0.3) is 5.91 Å². The van der Waals surface area contributed by atoms with Gasteiger partial charge >= 0.3 is 0 Å². The van der Waals surface area contributed by atoms with Gasteiger partial charge in [0.05, 0.1) is 23.7 Å². The van der Waals surface area contributed by atoms with E-state index in [0.717, 1.165) is 29.0 Å². The van der Waals surface area contributed by atoms with Crippen molar-refractivity contribution in [1.82, 2.24) is 0 Å². The molecule has 1 aliphatic heterocycles. The molecule has 3 aromatic rings. The Hall–Kier alpha value is -3.10. The number of anilines is 1. The Labute approximate surface area is 178 Å². The van der Waals surface area contributed by atoms with Crippen molar-refractivity contribution in [2.45, 2.75) is 18.0 Å². The van der Waals surface area contributed by atoms with Gasteiger partial charge in [0.2, 0.25) is 0 Å². The van der Waals surface area contributed by atoms with Crippen LogP contribution in [0.25, 0.3) is 11.1 Å². The second kappa shape index (κ2) is 8.20. The minimum absolute atomic E-state index is 0.0135. The van der Waals surface area contributed by atoms with Crippen molar-refractivity contribution in [3.8, 4) is 11.1 Å². The number of nitrogens with zero attached hydrogens (tertiary/aromatic N) is 1. The van der Waals surface area contributed by atoms with Crippen LogP contribution < -0.4 is 4.90 Å². The maximum Gasteiger partial charge on any atom is 0.253 e. The number of benzene rings is 3. The van der Waals surface area contributed by atoms with Gasteiger partial charge in [-0.15, -0.1) is 0 Å². The van der Waals surface area contributed by atoms with Crippen molar-refractivity contribution in [2.75, 3.05) is 17.8 Å². The normalized spacial score (nSPS) is 14.3. The van der Waals surface area contributed by atoms with Gasteiger partial charge in [0, 0.05) is 17.9 Å². The van der Waals surface area contributed by atoms with E-state index in [1.54, 1.807) is 18.2 Å². The highest BCUT2D eigenvalue weighted by Gasteiger charge is 2.24. The Morgan fingerprint density at radius 2 is 1.55 bits per heavy atom. The molecular weight excluding hydrogens is 424 g/mol. The number of carbonyl (C=O) groups is 1. The summed E-state index contributed by atoms with van der Waals surface area (Å²) in [5.41, 5.74) is 3.20. The standard InChI is InChI=1S/C23H19F2NO4S/c1-31(28,29)21-6-4-16(5-7-21)17-2-3-18-13-30-14-23(27)26(22(18)10-17)12-15-8-19(24)11-20(25)9-15/h2-11H,12-14H2,1H3. The summed E-state index contributed by atoms with van der Waals surface area (Å²) < 4.78 is 56.1. The molecular formula is C23H19F2NO4S. The van der Waals surface area contributed by atoms with Gasteiger partial charge in [0.1, 0.15) is 18.2 Å². The molecule has 31 heavy (non-hydrogen) atoms. The first-order valence-electron chi connectivity index (χ1n) is 9.47. The van der Waals surface area contributed by atoms with Crippen molar-refractivity contribution >= 4 is 21.4 Å². The number of fused-ring (bicyclic) bond motifs is 1. The van der Waals surface area contributed by atoms with Crippen LogP contribution in [0.4, 0.5) is 14.5 Å². The van der Waals surface area contributed by atoms with Crippen molar-refractivity contribution < 1.29 is 26.7 Å². The fraction of sp³-hybridized carbons (Fsp3) is 0.174. The number of hydrogen-bond acceptors (Lipinski definition) is 4. The molecule has 0 radical (unpaired) electrons. The van der Waals surface area contributed by atoms with E-state index >= 15 is 0 Å². The van der Waals surface area contributed by atoms with Gasteiger partial charge in [-0.1, -0.05) is 24.3 Å². The number of hydrogen-bond donors (Lipinski definition) is 0. The minimum atomic E-state index is -3.31. The van der Waals surface area contributed by atoms with Crippen LogP contribution in [-0.4, -0.2) is 27.2 Å². The highest BCUT2D eigenvalue weighted by Crippen LogP contribution is 2.32. The van der Waals surface area contributed by atoms with Crippen LogP contribution in [0.1, 0.15) is 11.1 Å². The van der Waals surface area contributed by atoms with Gasteiger partial charge in [-0.2, -0.15) is 0 Å². The monoisotopic (exact) mass is 443 g/mol. The van der Waals surface area contributed by atoms with Crippen LogP contribution in [0.3, 0.4) is 0 Å². The first-order valence-corrected chi connectivity index (χ1v) is 11.4. The summed E-state index contributed by atoms with van der Waals surface area (Å²) in [5, 5.41) is 0. The number of rotatable bonds is 4. The van der Waals surface area contributed by atoms with E-state index in [1.807, 2.05) is 12.1 Å². The molecule has 0 bridgehead atoms. The lowest BCUT2D eigenvalue weighted by molar-refractivity contribution is -0.123. The topological polar surface area (TPSA) is 63.7 Å². The van der Waals surface area contributed by atoms with Gasteiger partial charge in [-0.05, 0) is 47.0 Å². The van der Waals surface area contributed by atoms with Crippen molar-refractivity contribution in [3.63, 3.8) is 0 Å². The molecule has 0 aliphatic carbocycles. The zero-order valence-electron chi connectivity index (χ0n) is 16.6. The Morgan fingerprint density at radius 1 is 0.903 bits per heavy atom. The SMILES string of the molecule is CS(=O)(=O)c1ccc(-c2ccc3c(c2)N(Cc2cc(F)cc(F)c2)C(=O)COC3)cc1. The third-order valence-electron chi connectivity index (χ3n) is 5.04. The molecule has 0 saturated carbocycles. The van der Waals surface area contributed by atoms with Crippen LogP contribution >= 0.6 is 0 Å². The van der Waals surface area contributed by atoms with Gasteiger partial charge in [-0.25, -0.2) is 17.2 Å². The molecule has 1 aliphatic rings. The molecule has 8 heteroatoms. The lowest BCUT2D eigenvalue weighted by Crippen LogP contribution is -2.32. The molecule has 160 valence electrons. The Morgan fingerprint density at radius 3 is 2.19 bits per heavy atom. The molecule has 0 saturated heterocycles. The average molecular weight is 443 g/mol. The van der Waals surface area contributed by atoms with E-state index in [0.29, 0.717) is 11.3 Å². The third-order valence-corrected chi connectivity index (χ3v) is 6.17. The number of carbonyl (C=O) groups excluding carboxylic acids is 1. The first kappa shape index (κ1) is 21.1. The number of amides is 1. The van der Waals surface area contributed by atoms with Gasteiger partial charge in [0.15, 0.2) is 9.84 Å². The molecule has 1 amide bonds. The predicted molar refractivity (Wildman–Crippen MR) is 112 cm³/mol. The Kier molecular flexibility index (Phi) is 5.60. The molecule has 0 atom stereocenters. The van der Waals surface area contributed by atoms with E-state index in [2.05, 4.69) is 0 Å². The van der Waals surface area contributed by atoms with Crippen LogP contribution in [0.5, 0.6) is 0 Å². The zero-order valence-corrected chi connectivity index (χ0v) is 17.5. The molecule has 0 aromatic heterocycles. The summed E-state index contributed by atoms with van der Waals surface area (Å²) in [4.78, 5) is 14.4. The van der Waals surface area contributed by atoms with Crippen molar-refractivity contribution in [3.05, 3.63) is 83.4 Å². The molecule has 0 unspecified atom stereocenters. The fourth-order valence-corrected chi connectivity index (χ4v) is 4.16. The van der Waals surface area contributed by atoms with Gasteiger partial charge < -0.3 is 9.64 Å².